The molecule has 0 heterocycles. The first-order chi connectivity index (χ1) is 0. The van der Waals surface area contributed by atoms with E-state index in [1.807, 2.05) is 0 Å². The van der Waals surface area contributed by atoms with Crippen molar-refractivity contribution in [2.75, 3.05) is 0 Å². The number of rotatable bonds is 0. The van der Waals surface area contributed by atoms with Crippen LogP contribution in [0.15, 0.2) is 0 Å². The summed E-state index contributed by atoms with van der Waals surface area (Å²) in [5.74, 6) is 0. The molecule has 1 radical (unpaired) electrons. The summed E-state index contributed by atoms with van der Waals surface area (Å²) in [6, 6.07) is 0. The Hall–Kier alpha value is 2.64. The molecule has 0 aromatic rings. The third kappa shape index (κ3) is 8.82. The van der Waals surface area contributed by atoms with E-state index in [1.165, 1.54) is 0 Å². The molecule has 0 saturated heterocycles. The zero-order chi connectivity index (χ0) is 0. The van der Waals surface area contributed by atoms with E-state index < -0.39 is 0 Å². The van der Waals surface area contributed by atoms with Gasteiger partial charge in [0.25, 0.3) is 0 Å². The van der Waals surface area contributed by atoms with Crippen molar-refractivity contribution in [3.63, 3.8) is 0 Å². The Kier molecular flexibility index (Phi) is 132. The molecule has 0 aliphatic rings. The Bertz CT molecular complexity index is 8.00. The first-order valence-electron chi connectivity index (χ1n) is 0. The first kappa shape index (κ1) is 30.3. The zero-order valence-corrected chi connectivity index (χ0v) is 6.30. The summed E-state index contributed by atoms with van der Waals surface area (Å²) in [6.07, 6.45) is 0. The van der Waals surface area contributed by atoms with Crippen LogP contribution in [0.1, 0.15) is 0 Å². The molecule has 25 valence electrons. The van der Waals surface area contributed by atoms with Gasteiger partial charge in [0.15, 0.2) is 17.4 Å². The SMILES string of the molecule is [AlH3].[MgH2].[Mn].[SbH3]. The Morgan fingerprint density at radius 2 is 1.00 bits per heavy atom. The topological polar surface area (TPSA) is 0 Å². The molecule has 0 bridgehead atoms. The third-order valence-corrected chi connectivity index (χ3v) is 0. The maximum atomic E-state index is 0. The van der Waals surface area contributed by atoms with E-state index in [0.29, 0.717) is 0 Å². The quantitative estimate of drug-likeness (QED) is 0.387. The minimum atomic E-state index is 0. The molecule has 0 amide bonds. The summed E-state index contributed by atoms with van der Waals surface area (Å²) in [5.41, 5.74) is 0. The predicted octanol–water partition coefficient (Wildman–Crippen LogP) is -3.29. The second-order valence-electron chi connectivity index (χ2n) is 0. The van der Waals surface area contributed by atoms with E-state index in [-0.39, 0.29) is 81.9 Å². The van der Waals surface area contributed by atoms with Crippen molar-refractivity contribution < 1.29 is 17.1 Å². The number of hydrogen-bond acceptors (Lipinski definition) is 0. The van der Waals surface area contributed by atoms with Crippen LogP contribution in [0.3, 0.4) is 0 Å². The molecule has 0 aromatic heterocycles. The molecule has 0 nitrogen and oxygen atoms in total. The Labute approximate surface area is 80.7 Å². The van der Waals surface area contributed by atoms with E-state index in [1.54, 1.807) is 0 Å². The molecule has 0 saturated carbocycles. The monoisotopic (exact) mass is 235 g/mol. The minimum absolute atomic E-state index is 0. The van der Waals surface area contributed by atoms with Gasteiger partial charge < -0.3 is 0 Å². The van der Waals surface area contributed by atoms with Crippen LogP contribution in [0.5, 0.6) is 0 Å². The van der Waals surface area contributed by atoms with Crippen LogP contribution in [0.2, 0.25) is 0 Å². The van der Waals surface area contributed by atoms with Crippen LogP contribution in [0.4, 0.5) is 0 Å². The molecule has 0 N–H and O–H groups in total. The fourth-order valence-electron chi connectivity index (χ4n) is 0. The van der Waals surface area contributed by atoms with E-state index in [4.69, 9.17) is 0 Å². The van der Waals surface area contributed by atoms with Gasteiger partial charge in [-0.15, -0.1) is 0 Å². The van der Waals surface area contributed by atoms with Gasteiger partial charge in [-0.2, -0.15) is 0 Å². The molecule has 0 aromatic carbocycles. The Morgan fingerprint density at radius 3 is 1.00 bits per heavy atom. The van der Waals surface area contributed by atoms with Gasteiger partial charge in [-0.25, -0.2) is 0 Å². The maximum absolute atomic E-state index is 0. The van der Waals surface area contributed by atoms with Gasteiger partial charge in [0, 0.05) is 17.1 Å². The molecule has 0 unspecified atom stereocenters. The Balaban J connectivity index is 0. The molecule has 0 rings (SSSR count). The van der Waals surface area contributed by atoms with E-state index in [9.17, 15) is 0 Å². The summed E-state index contributed by atoms with van der Waals surface area (Å²) in [5, 5.41) is 0. The van der Waals surface area contributed by atoms with Gasteiger partial charge in [0.2, 0.25) is 0 Å². The van der Waals surface area contributed by atoms with Crippen LogP contribution >= 0.6 is 0 Å². The average Bonchev–Trinajstić information content (AvgIpc) is 0. The fourth-order valence-corrected chi connectivity index (χ4v) is 0. The normalized spacial score (nSPS) is 0. The van der Waals surface area contributed by atoms with Gasteiger partial charge in [-0.1, -0.05) is 0 Å². The van der Waals surface area contributed by atoms with Crippen LogP contribution in [-0.4, -0.2) is 64.8 Å². The second kappa shape index (κ2) is 17.4. The third-order valence-electron chi connectivity index (χ3n) is 0. The number of hydrogen-bond donors (Lipinski definition) is 0. The fraction of sp³-hybridized carbons (Fsp3) is 0. The molecular weight excluding hydrogens is 228 g/mol. The zero-order valence-electron chi connectivity index (χ0n) is 1.09. The van der Waals surface area contributed by atoms with E-state index >= 15 is 0 Å². The van der Waals surface area contributed by atoms with E-state index in [2.05, 4.69) is 0 Å². The molecule has 0 atom stereocenters. The molecular formula is H8AlMgMnSb. The Morgan fingerprint density at radius 1 is 1.00 bits per heavy atom. The van der Waals surface area contributed by atoms with Crippen molar-refractivity contribution in [2.45, 2.75) is 0 Å². The molecule has 0 fully saturated rings. The van der Waals surface area contributed by atoms with Gasteiger partial charge >= 0.3 is 47.5 Å². The van der Waals surface area contributed by atoms with Crippen molar-refractivity contribution in [3.8, 4) is 0 Å². The summed E-state index contributed by atoms with van der Waals surface area (Å²) in [6.45, 7) is 0. The molecule has 4 heteroatoms. The van der Waals surface area contributed by atoms with Crippen molar-refractivity contribution in [1.82, 2.24) is 0 Å². The van der Waals surface area contributed by atoms with Crippen molar-refractivity contribution in [3.05, 3.63) is 0 Å². The average molecular weight is 236 g/mol. The van der Waals surface area contributed by atoms with Crippen LogP contribution in [-0.2, 0) is 17.1 Å². The van der Waals surface area contributed by atoms with Gasteiger partial charge in [0.1, 0.15) is 0 Å². The summed E-state index contributed by atoms with van der Waals surface area (Å²) in [7, 11) is 0. The first-order valence-corrected chi connectivity index (χ1v) is 0. The van der Waals surface area contributed by atoms with Crippen LogP contribution < -0.4 is 0 Å². The van der Waals surface area contributed by atoms with Crippen LogP contribution in [0.25, 0.3) is 0 Å². The second-order valence-corrected chi connectivity index (χ2v) is 0. The van der Waals surface area contributed by atoms with Crippen molar-refractivity contribution >= 4 is 64.8 Å². The molecule has 0 aliphatic carbocycles. The van der Waals surface area contributed by atoms with Gasteiger partial charge in [-0.3, -0.25) is 0 Å². The van der Waals surface area contributed by atoms with Gasteiger partial charge in [0.05, 0.1) is 0 Å². The van der Waals surface area contributed by atoms with Crippen molar-refractivity contribution in [2.24, 2.45) is 0 Å². The summed E-state index contributed by atoms with van der Waals surface area (Å²) in [4.78, 5) is 0. The van der Waals surface area contributed by atoms with Crippen LogP contribution in [0, 0.1) is 0 Å². The predicted molar refractivity (Wildman–Crippen MR) is 28.4 cm³/mol. The summed E-state index contributed by atoms with van der Waals surface area (Å²) < 4.78 is 0. The van der Waals surface area contributed by atoms with E-state index in [0.717, 1.165) is 0 Å². The van der Waals surface area contributed by atoms with Crippen molar-refractivity contribution in [1.29, 1.82) is 0 Å². The van der Waals surface area contributed by atoms with Gasteiger partial charge in [-0.05, 0) is 0 Å². The summed E-state index contributed by atoms with van der Waals surface area (Å²) >= 11 is 0. The molecule has 0 aliphatic heterocycles. The molecule has 4 heavy (non-hydrogen) atoms. The standard InChI is InChI=1S/Al.Mg.Mn.Sb.8H. The molecule has 0 spiro atoms.